The summed E-state index contributed by atoms with van der Waals surface area (Å²) in [5.41, 5.74) is 0. The van der Waals surface area contributed by atoms with E-state index in [2.05, 4.69) is 6.08 Å². The second kappa shape index (κ2) is 6.28. The summed E-state index contributed by atoms with van der Waals surface area (Å²) in [5, 5.41) is -0.472. The number of sulfone groups is 1. The molecule has 0 radical (unpaired) electrons. The molecule has 2 heterocycles. The Balaban J connectivity index is 1.61. The van der Waals surface area contributed by atoms with Crippen molar-refractivity contribution in [3.63, 3.8) is 0 Å². The van der Waals surface area contributed by atoms with Gasteiger partial charge in [0.05, 0.1) is 11.5 Å². The first-order chi connectivity index (χ1) is 10.6. The number of carbonyl (C=O) groups excluding carboxylic acids is 1. The molecule has 1 aromatic rings. The highest BCUT2D eigenvalue weighted by Gasteiger charge is 2.37. The van der Waals surface area contributed by atoms with Gasteiger partial charge in [-0.2, -0.15) is 0 Å². The van der Waals surface area contributed by atoms with E-state index in [1.165, 1.54) is 6.26 Å². The number of allylic oxidation sites excluding steroid dienone is 2. The predicted molar refractivity (Wildman–Crippen MR) is 82.8 cm³/mol. The average molecular weight is 323 g/mol. The van der Waals surface area contributed by atoms with E-state index in [1.807, 2.05) is 6.08 Å². The molecule has 1 aromatic heterocycles. The Bertz CT molecular complexity index is 648. The smallest absolute Gasteiger partial charge is 0.226 e. The van der Waals surface area contributed by atoms with Crippen LogP contribution in [-0.2, 0) is 20.4 Å². The molecule has 5 nitrogen and oxygen atoms in total. The van der Waals surface area contributed by atoms with Crippen molar-refractivity contribution < 1.29 is 17.6 Å². The van der Waals surface area contributed by atoms with E-state index < -0.39 is 15.1 Å². The topological polar surface area (TPSA) is 67.6 Å². The second-order valence-corrected chi connectivity index (χ2v) is 8.34. The lowest BCUT2D eigenvalue weighted by atomic mass is 9.93. The standard InChI is InChI=1S/C16H21NO4S/c18-16(13-5-2-1-3-6-13)17-9-8-15(11-17)22(19,20)12-14-7-4-10-21-14/h1-2,4,7,10,13,15H,3,5-6,8-9,11-12H2/t13-,15-/m0/s1. The lowest BCUT2D eigenvalue weighted by Gasteiger charge is -2.24. The minimum atomic E-state index is -3.28. The molecule has 1 amide bonds. The molecule has 120 valence electrons. The minimum Gasteiger partial charge on any atom is -0.468 e. The van der Waals surface area contributed by atoms with Gasteiger partial charge in [0.25, 0.3) is 0 Å². The third-order valence-corrected chi connectivity index (χ3v) is 6.59. The molecule has 6 heteroatoms. The van der Waals surface area contributed by atoms with Crippen LogP contribution in [0.1, 0.15) is 31.4 Å². The normalized spacial score (nSPS) is 25.5. The fraction of sp³-hybridized carbons (Fsp3) is 0.562. The molecule has 1 aliphatic heterocycles. The highest BCUT2D eigenvalue weighted by molar-refractivity contribution is 7.91. The average Bonchev–Trinajstić information content (AvgIpc) is 3.18. The number of amides is 1. The first-order valence-corrected chi connectivity index (χ1v) is 9.45. The van der Waals surface area contributed by atoms with Gasteiger partial charge in [-0.3, -0.25) is 4.79 Å². The monoisotopic (exact) mass is 323 g/mol. The van der Waals surface area contributed by atoms with Crippen molar-refractivity contribution in [2.75, 3.05) is 13.1 Å². The zero-order chi connectivity index (χ0) is 15.6. The molecule has 0 spiro atoms. The second-order valence-electron chi connectivity index (χ2n) is 6.06. The molecule has 3 rings (SSSR count). The quantitative estimate of drug-likeness (QED) is 0.796. The molecule has 1 aliphatic carbocycles. The molecule has 0 aromatic carbocycles. The molecule has 2 atom stereocenters. The van der Waals surface area contributed by atoms with Crippen LogP contribution in [0, 0.1) is 5.92 Å². The van der Waals surface area contributed by atoms with Crippen LogP contribution in [0.4, 0.5) is 0 Å². The highest BCUT2D eigenvalue weighted by atomic mass is 32.2. The predicted octanol–water partition coefficient (Wildman–Crippen LogP) is 2.15. The number of furan rings is 1. The molecule has 1 fully saturated rings. The summed E-state index contributed by atoms with van der Waals surface area (Å²) in [6.45, 7) is 0.864. The van der Waals surface area contributed by atoms with Gasteiger partial charge in [0.15, 0.2) is 9.84 Å². The van der Waals surface area contributed by atoms with Gasteiger partial charge in [-0.25, -0.2) is 8.42 Å². The van der Waals surface area contributed by atoms with E-state index in [-0.39, 0.29) is 17.6 Å². The Morgan fingerprint density at radius 2 is 2.18 bits per heavy atom. The fourth-order valence-corrected chi connectivity index (χ4v) is 4.88. The van der Waals surface area contributed by atoms with Crippen molar-refractivity contribution >= 4 is 15.7 Å². The number of rotatable bonds is 4. The third kappa shape index (κ3) is 3.27. The van der Waals surface area contributed by atoms with Crippen LogP contribution in [0.15, 0.2) is 35.0 Å². The van der Waals surface area contributed by atoms with E-state index in [0.717, 1.165) is 19.3 Å². The van der Waals surface area contributed by atoms with Crippen LogP contribution in [0.5, 0.6) is 0 Å². The number of nitrogens with zero attached hydrogens (tertiary/aromatic N) is 1. The van der Waals surface area contributed by atoms with Gasteiger partial charge in [0.1, 0.15) is 11.5 Å². The highest BCUT2D eigenvalue weighted by Crippen LogP contribution is 2.26. The summed E-state index contributed by atoms with van der Waals surface area (Å²) >= 11 is 0. The summed E-state index contributed by atoms with van der Waals surface area (Å²) in [6, 6.07) is 3.36. The van der Waals surface area contributed by atoms with E-state index in [4.69, 9.17) is 4.42 Å². The summed E-state index contributed by atoms with van der Waals surface area (Å²) in [4.78, 5) is 14.2. The molecular weight excluding hydrogens is 302 g/mol. The van der Waals surface area contributed by atoms with Crippen LogP contribution in [0.2, 0.25) is 0 Å². The van der Waals surface area contributed by atoms with Crippen molar-refractivity contribution in [3.05, 3.63) is 36.3 Å². The number of likely N-dealkylation sites (tertiary alicyclic amines) is 1. The Morgan fingerprint density at radius 1 is 1.32 bits per heavy atom. The van der Waals surface area contributed by atoms with Crippen LogP contribution >= 0.6 is 0 Å². The minimum absolute atomic E-state index is 0.0246. The van der Waals surface area contributed by atoms with Gasteiger partial charge in [-0.15, -0.1) is 0 Å². The van der Waals surface area contributed by atoms with Crippen molar-refractivity contribution in [2.45, 2.75) is 36.7 Å². The molecule has 0 N–H and O–H groups in total. The number of hydrogen-bond donors (Lipinski definition) is 0. The maximum atomic E-state index is 12.5. The molecule has 1 saturated heterocycles. The molecule has 2 aliphatic rings. The summed E-state index contributed by atoms with van der Waals surface area (Å²) in [6.07, 6.45) is 8.74. The molecule has 0 unspecified atom stereocenters. The largest absolute Gasteiger partial charge is 0.468 e. The number of hydrogen-bond acceptors (Lipinski definition) is 4. The van der Waals surface area contributed by atoms with Crippen molar-refractivity contribution in [2.24, 2.45) is 5.92 Å². The Labute approximate surface area is 130 Å². The van der Waals surface area contributed by atoms with Gasteiger partial charge in [-0.05, 0) is 37.8 Å². The van der Waals surface area contributed by atoms with E-state index in [0.29, 0.717) is 25.3 Å². The van der Waals surface area contributed by atoms with E-state index in [9.17, 15) is 13.2 Å². The zero-order valence-electron chi connectivity index (χ0n) is 12.5. The van der Waals surface area contributed by atoms with Crippen molar-refractivity contribution in [1.29, 1.82) is 0 Å². The molecule has 0 saturated carbocycles. The Hall–Kier alpha value is -1.56. The Kier molecular flexibility index (Phi) is 4.38. The van der Waals surface area contributed by atoms with Crippen molar-refractivity contribution in [3.8, 4) is 0 Å². The molecule has 22 heavy (non-hydrogen) atoms. The van der Waals surface area contributed by atoms with Gasteiger partial charge < -0.3 is 9.32 Å². The van der Waals surface area contributed by atoms with Crippen LogP contribution in [0.25, 0.3) is 0 Å². The first kappa shape index (κ1) is 15.3. The SMILES string of the molecule is O=C([C@H]1CC=CCC1)N1CC[C@H](S(=O)(=O)Cc2ccco2)C1. The van der Waals surface area contributed by atoms with E-state index in [1.54, 1.807) is 17.0 Å². The van der Waals surface area contributed by atoms with Crippen molar-refractivity contribution in [1.82, 2.24) is 4.90 Å². The summed E-state index contributed by atoms with van der Waals surface area (Å²) < 4.78 is 30.0. The number of carbonyl (C=O) groups is 1. The van der Waals surface area contributed by atoms with Gasteiger partial charge >= 0.3 is 0 Å². The van der Waals surface area contributed by atoms with Gasteiger partial charge in [0.2, 0.25) is 5.91 Å². The first-order valence-electron chi connectivity index (χ1n) is 7.74. The lowest BCUT2D eigenvalue weighted by molar-refractivity contribution is -0.134. The van der Waals surface area contributed by atoms with Crippen LogP contribution < -0.4 is 0 Å². The van der Waals surface area contributed by atoms with Gasteiger partial charge in [-0.1, -0.05) is 12.2 Å². The Morgan fingerprint density at radius 3 is 2.86 bits per heavy atom. The molecule has 0 bridgehead atoms. The maximum Gasteiger partial charge on any atom is 0.226 e. The third-order valence-electron chi connectivity index (χ3n) is 4.51. The lowest BCUT2D eigenvalue weighted by Crippen LogP contribution is -2.36. The van der Waals surface area contributed by atoms with Gasteiger partial charge in [0, 0.05) is 19.0 Å². The summed E-state index contributed by atoms with van der Waals surface area (Å²) in [5.74, 6) is 0.512. The maximum absolute atomic E-state index is 12.5. The van der Waals surface area contributed by atoms with Crippen LogP contribution in [-0.4, -0.2) is 37.6 Å². The fourth-order valence-electron chi connectivity index (χ4n) is 3.21. The van der Waals surface area contributed by atoms with E-state index >= 15 is 0 Å². The zero-order valence-corrected chi connectivity index (χ0v) is 13.3. The molecular formula is C16H21NO4S. The van der Waals surface area contributed by atoms with Crippen LogP contribution in [0.3, 0.4) is 0 Å². The summed E-state index contributed by atoms with van der Waals surface area (Å²) in [7, 11) is -3.28.